The number of benzene rings is 1. The maximum Gasteiger partial charge on any atom is 0.127 e. The Morgan fingerprint density at radius 3 is 2.92 bits per heavy atom. The molecule has 0 aromatic heterocycles. The predicted octanol–water partition coefficient (Wildman–Crippen LogP) is 2.54. The van der Waals surface area contributed by atoms with Crippen LogP contribution in [-0.4, -0.2) is 18.6 Å². The van der Waals surface area contributed by atoms with E-state index in [0.29, 0.717) is 0 Å². The van der Waals surface area contributed by atoms with Crippen LogP contribution in [0.3, 0.4) is 0 Å². The summed E-state index contributed by atoms with van der Waals surface area (Å²) in [6, 6.07) is 8.03. The molecule has 0 saturated heterocycles. The van der Waals surface area contributed by atoms with Gasteiger partial charge in [-0.05, 0) is 24.1 Å². The van der Waals surface area contributed by atoms with E-state index >= 15 is 0 Å². The average molecular weight is 193 g/mol. The van der Waals surface area contributed by atoms with E-state index in [1.807, 2.05) is 18.2 Å². The van der Waals surface area contributed by atoms with Crippen LogP contribution in [0.4, 0.5) is 0 Å². The smallest absolute Gasteiger partial charge is 0.127 e. The van der Waals surface area contributed by atoms with Crippen LogP contribution in [0, 0.1) is 0 Å². The maximum atomic E-state index is 5.27. The Balaban J connectivity index is 2.38. The number of para-hydroxylation sites is 1. The van der Waals surface area contributed by atoms with E-state index in [1.165, 1.54) is 0 Å². The normalized spacial score (nSPS) is 15.6. The number of methoxy groups -OCH3 is 1. The van der Waals surface area contributed by atoms with Gasteiger partial charge in [-0.1, -0.05) is 12.1 Å². The maximum absolute atomic E-state index is 5.27. The molecular weight excluding hydrogens is 182 g/mol. The van der Waals surface area contributed by atoms with Crippen LogP contribution in [0.25, 0.3) is 0 Å². The van der Waals surface area contributed by atoms with Crippen molar-refractivity contribution < 1.29 is 4.74 Å². The summed E-state index contributed by atoms with van der Waals surface area (Å²) < 4.78 is 9.64. The molecule has 0 unspecified atom stereocenters. The molecule has 2 rings (SSSR count). The Labute approximate surface area is 82.2 Å². The van der Waals surface area contributed by atoms with Crippen LogP contribution in [-0.2, 0) is 0 Å². The molecule has 3 heteroatoms. The molecule has 0 N–H and O–H groups in total. The Morgan fingerprint density at radius 1 is 1.38 bits per heavy atom. The number of hydrogen-bond donors (Lipinski definition) is 0. The highest BCUT2D eigenvalue weighted by Gasteiger charge is 2.13. The van der Waals surface area contributed by atoms with Crippen molar-refractivity contribution in [1.29, 1.82) is 0 Å². The van der Waals surface area contributed by atoms with Gasteiger partial charge in [0.25, 0.3) is 0 Å². The minimum atomic E-state index is 0.920. The molecule has 1 aromatic carbocycles. The van der Waals surface area contributed by atoms with Crippen LogP contribution in [0.2, 0.25) is 0 Å². The van der Waals surface area contributed by atoms with Gasteiger partial charge in [-0.2, -0.15) is 0 Å². The first-order valence-corrected chi connectivity index (χ1v) is 5.18. The third-order valence-corrected chi connectivity index (χ3v) is 2.76. The fourth-order valence-corrected chi connectivity index (χ4v) is 2.10. The number of ether oxygens (including phenoxy) is 1. The second-order valence-corrected chi connectivity index (χ2v) is 3.67. The molecule has 1 heterocycles. The SMILES string of the molecule is COc1ccccc1C1=NSCC1. The molecule has 0 spiro atoms. The lowest BCUT2D eigenvalue weighted by Crippen LogP contribution is -2.00. The van der Waals surface area contributed by atoms with Gasteiger partial charge in [0.2, 0.25) is 0 Å². The first-order chi connectivity index (χ1) is 6.42. The molecular formula is C10H11NOS. The molecule has 68 valence electrons. The van der Waals surface area contributed by atoms with Gasteiger partial charge >= 0.3 is 0 Å². The molecule has 0 bridgehead atoms. The quantitative estimate of drug-likeness (QED) is 0.673. The fraction of sp³-hybridized carbons (Fsp3) is 0.300. The van der Waals surface area contributed by atoms with Crippen LogP contribution < -0.4 is 4.74 Å². The Bertz CT molecular complexity index is 335. The van der Waals surface area contributed by atoms with Gasteiger partial charge in [0, 0.05) is 17.7 Å². The highest BCUT2D eigenvalue weighted by atomic mass is 32.2. The van der Waals surface area contributed by atoms with Gasteiger partial charge < -0.3 is 4.74 Å². The summed E-state index contributed by atoms with van der Waals surface area (Å²) in [6.07, 6.45) is 1.05. The summed E-state index contributed by atoms with van der Waals surface area (Å²) in [5, 5.41) is 0. The van der Waals surface area contributed by atoms with Gasteiger partial charge in [-0.15, -0.1) is 0 Å². The molecule has 0 radical (unpaired) electrons. The molecule has 0 atom stereocenters. The van der Waals surface area contributed by atoms with Crippen molar-refractivity contribution in [3.63, 3.8) is 0 Å². The monoisotopic (exact) mass is 193 g/mol. The van der Waals surface area contributed by atoms with Crippen molar-refractivity contribution in [3.05, 3.63) is 29.8 Å². The molecule has 2 nitrogen and oxygen atoms in total. The second-order valence-electron chi connectivity index (χ2n) is 2.82. The van der Waals surface area contributed by atoms with E-state index in [1.54, 1.807) is 19.1 Å². The van der Waals surface area contributed by atoms with Crippen molar-refractivity contribution >= 4 is 17.7 Å². The lowest BCUT2D eigenvalue weighted by atomic mass is 10.1. The molecule has 1 aliphatic heterocycles. The van der Waals surface area contributed by atoms with E-state index in [0.717, 1.165) is 29.2 Å². The minimum Gasteiger partial charge on any atom is -0.496 e. The number of rotatable bonds is 2. The highest BCUT2D eigenvalue weighted by molar-refractivity contribution is 7.98. The fourth-order valence-electron chi connectivity index (χ4n) is 1.38. The number of hydrogen-bond acceptors (Lipinski definition) is 3. The lowest BCUT2D eigenvalue weighted by molar-refractivity contribution is 0.414. The Kier molecular flexibility index (Phi) is 2.54. The van der Waals surface area contributed by atoms with Crippen molar-refractivity contribution in [2.24, 2.45) is 4.40 Å². The van der Waals surface area contributed by atoms with E-state index in [2.05, 4.69) is 10.5 Å². The topological polar surface area (TPSA) is 21.6 Å². The molecule has 0 fully saturated rings. The van der Waals surface area contributed by atoms with E-state index in [9.17, 15) is 0 Å². The summed E-state index contributed by atoms with van der Waals surface area (Å²) >= 11 is 1.63. The molecule has 1 aromatic rings. The zero-order valence-corrected chi connectivity index (χ0v) is 8.30. The summed E-state index contributed by atoms with van der Waals surface area (Å²) in [5.41, 5.74) is 2.29. The Morgan fingerprint density at radius 2 is 2.23 bits per heavy atom. The average Bonchev–Trinajstić information content (AvgIpc) is 2.70. The molecule has 0 saturated carbocycles. The van der Waals surface area contributed by atoms with Gasteiger partial charge in [-0.3, -0.25) is 0 Å². The van der Waals surface area contributed by atoms with Gasteiger partial charge in [0.05, 0.1) is 12.8 Å². The summed E-state index contributed by atoms with van der Waals surface area (Å²) in [7, 11) is 1.70. The first kappa shape index (κ1) is 8.63. The highest BCUT2D eigenvalue weighted by Crippen LogP contribution is 2.25. The van der Waals surface area contributed by atoms with Crippen LogP contribution in [0.5, 0.6) is 5.75 Å². The predicted molar refractivity (Wildman–Crippen MR) is 56.6 cm³/mol. The number of nitrogens with zero attached hydrogens (tertiary/aromatic N) is 1. The zero-order chi connectivity index (χ0) is 9.10. The lowest BCUT2D eigenvalue weighted by Gasteiger charge is -2.06. The van der Waals surface area contributed by atoms with Gasteiger partial charge in [0.1, 0.15) is 5.75 Å². The first-order valence-electron chi connectivity index (χ1n) is 4.24. The standard InChI is InChI=1S/C10H11NOS/c1-12-10-5-3-2-4-8(10)9-6-7-13-11-9/h2-5H,6-7H2,1H3. The third-order valence-electron chi connectivity index (χ3n) is 2.02. The molecule has 0 amide bonds. The Hall–Kier alpha value is -0.960. The summed E-state index contributed by atoms with van der Waals surface area (Å²) in [4.78, 5) is 0. The largest absolute Gasteiger partial charge is 0.496 e. The van der Waals surface area contributed by atoms with Crippen molar-refractivity contribution in [3.8, 4) is 5.75 Å². The summed E-state index contributed by atoms with van der Waals surface area (Å²) in [6.45, 7) is 0. The van der Waals surface area contributed by atoms with Crippen LogP contribution >= 0.6 is 11.9 Å². The van der Waals surface area contributed by atoms with E-state index < -0.39 is 0 Å². The van der Waals surface area contributed by atoms with E-state index in [-0.39, 0.29) is 0 Å². The second kappa shape index (κ2) is 3.83. The molecule has 13 heavy (non-hydrogen) atoms. The summed E-state index contributed by atoms with van der Waals surface area (Å²) in [5.74, 6) is 2.01. The minimum absolute atomic E-state index is 0.920. The van der Waals surface area contributed by atoms with Gasteiger partial charge in [-0.25, -0.2) is 4.40 Å². The zero-order valence-electron chi connectivity index (χ0n) is 7.49. The molecule has 1 aliphatic rings. The van der Waals surface area contributed by atoms with Crippen LogP contribution in [0.1, 0.15) is 12.0 Å². The third kappa shape index (κ3) is 1.70. The molecule has 0 aliphatic carbocycles. The van der Waals surface area contributed by atoms with Crippen molar-refractivity contribution in [2.75, 3.05) is 12.9 Å². The van der Waals surface area contributed by atoms with Gasteiger partial charge in [0.15, 0.2) is 0 Å². The van der Waals surface area contributed by atoms with Crippen LogP contribution in [0.15, 0.2) is 28.7 Å². The van der Waals surface area contributed by atoms with Crippen molar-refractivity contribution in [1.82, 2.24) is 0 Å². The van der Waals surface area contributed by atoms with E-state index in [4.69, 9.17) is 4.74 Å². The van der Waals surface area contributed by atoms with Crippen molar-refractivity contribution in [2.45, 2.75) is 6.42 Å².